The van der Waals surface area contributed by atoms with E-state index in [1.54, 1.807) is 39.0 Å². The third-order valence-corrected chi connectivity index (χ3v) is 7.00. The van der Waals surface area contributed by atoms with Gasteiger partial charge >= 0.3 is 5.97 Å². The van der Waals surface area contributed by atoms with E-state index in [0.717, 1.165) is 16.3 Å². The predicted molar refractivity (Wildman–Crippen MR) is 129 cm³/mol. The summed E-state index contributed by atoms with van der Waals surface area (Å²) in [5, 5.41) is 24.2. The molecule has 8 heteroatoms. The molecule has 1 aromatic heterocycles. The van der Waals surface area contributed by atoms with Crippen molar-refractivity contribution in [2.24, 2.45) is 11.3 Å². The number of nitrogens with zero attached hydrogens (tertiary/aromatic N) is 1. The number of carbonyl (C=O) groups excluding carboxylic acids is 2. The lowest BCUT2D eigenvalue weighted by Gasteiger charge is -2.34. The van der Waals surface area contributed by atoms with Gasteiger partial charge in [0.1, 0.15) is 11.9 Å². The lowest BCUT2D eigenvalue weighted by molar-refractivity contribution is -0.154. The molecule has 0 aliphatic carbocycles. The third kappa shape index (κ3) is 7.57. The number of Topliss-reactive ketones (excluding diaryl/α,β-unsaturated/α-hetero) is 1. The quantitative estimate of drug-likeness (QED) is 0.490. The Morgan fingerprint density at radius 1 is 1.24 bits per heavy atom. The molecule has 0 amide bonds. The van der Waals surface area contributed by atoms with Crippen molar-refractivity contribution in [3.05, 3.63) is 33.8 Å². The zero-order valence-corrected chi connectivity index (χ0v) is 21.2. The Morgan fingerprint density at radius 2 is 1.94 bits per heavy atom. The van der Waals surface area contributed by atoms with Crippen molar-refractivity contribution in [2.45, 2.75) is 85.2 Å². The second-order valence-corrected chi connectivity index (χ2v) is 10.4. The van der Waals surface area contributed by atoms with Crippen LogP contribution in [-0.2, 0) is 19.1 Å². The number of aliphatic hydroxyl groups is 2. The number of aromatic nitrogens is 1. The highest BCUT2D eigenvalue weighted by molar-refractivity contribution is 7.09. The van der Waals surface area contributed by atoms with Gasteiger partial charge < -0.3 is 19.7 Å². The highest BCUT2D eigenvalue weighted by Gasteiger charge is 2.42. The fraction of sp³-hybridized carbons (Fsp3) is 0.640. The summed E-state index contributed by atoms with van der Waals surface area (Å²) in [6.45, 7) is 10.7. The average molecular weight is 480 g/mol. The molecule has 33 heavy (non-hydrogen) atoms. The zero-order chi connectivity index (χ0) is 24.8. The number of hydrogen-bond acceptors (Lipinski definition) is 8. The molecule has 5 atom stereocenters. The number of aryl methyl sites for hydroxylation is 1. The van der Waals surface area contributed by atoms with Crippen LogP contribution in [0.25, 0.3) is 6.08 Å². The van der Waals surface area contributed by atoms with Crippen LogP contribution in [0.5, 0.6) is 0 Å². The Kier molecular flexibility index (Phi) is 9.97. The molecule has 0 spiro atoms. The van der Waals surface area contributed by atoms with Gasteiger partial charge in [-0.3, -0.25) is 9.59 Å². The summed E-state index contributed by atoms with van der Waals surface area (Å²) in [5.41, 5.74) is 0.406. The van der Waals surface area contributed by atoms with Gasteiger partial charge in [0, 0.05) is 17.7 Å². The number of ether oxygens (including phenoxy) is 2. The van der Waals surface area contributed by atoms with E-state index < -0.39 is 41.7 Å². The molecular formula is C25H37NO6S. The van der Waals surface area contributed by atoms with Gasteiger partial charge in [-0.1, -0.05) is 32.9 Å². The van der Waals surface area contributed by atoms with Gasteiger partial charge in [-0.05, 0) is 38.8 Å². The van der Waals surface area contributed by atoms with Gasteiger partial charge in [0.2, 0.25) is 0 Å². The average Bonchev–Trinajstić information content (AvgIpc) is 3.16. The molecule has 2 rings (SSSR count). The summed E-state index contributed by atoms with van der Waals surface area (Å²) in [5.74, 6) is -1.67. The van der Waals surface area contributed by atoms with Gasteiger partial charge in [0.25, 0.3) is 0 Å². The molecule has 0 radical (unpaired) electrons. The van der Waals surface area contributed by atoms with Crippen molar-refractivity contribution in [3.8, 4) is 0 Å². The van der Waals surface area contributed by atoms with E-state index in [0.29, 0.717) is 19.4 Å². The summed E-state index contributed by atoms with van der Waals surface area (Å²) in [4.78, 5) is 30.2. The molecule has 0 bridgehead atoms. The molecule has 1 aromatic rings. The summed E-state index contributed by atoms with van der Waals surface area (Å²) in [6, 6.07) is 0. The minimum absolute atomic E-state index is 0.323. The lowest BCUT2D eigenvalue weighted by Crippen LogP contribution is -2.47. The minimum Gasteiger partial charge on any atom is -0.457 e. The van der Waals surface area contributed by atoms with Crippen LogP contribution in [0, 0.1) is 18.3 Å². The van der Waals surface area contributed by atoms with E-state index in [-0.39, 0.29) is 12.2 Å². The number of rotatable bonds is 2. The lowest BCUT2D eigenvalue weighted by atomic mass is 9.74. The second kappa shape index (κ2) is 12.0. The molecule has 0 saturated heterocycles. The van der Waals surface area contributed by atoms with Crippen molar-refractivity contribution < 1.29 is 29.3 Å². The van der Waals surface area contributed by atoms with Crippen molar-refractivity contribution in [1.29, 1.82) is 0 Å². The first-order valence-electron chi connectivity index (χ1n) is 11.4. The van der Waals surface area contributed by atoms with Gasteiger partial charge in [0.05, 0.1) is 47.5 Å². The molecule has 1 unspecified atom stereocenters. The predicted octanol–water partition coefficient (Wildman–Crippen LogP) is 3.87. The smallest absolute Gasteiger partial charge is 0.309 e. The summed E-state index contributed by atoms with van der Waals surface area (Å²) < 4.78 is 11.4. The van der Waals surface area contributed by atoms with E-state index in [1.807, 2.05) is 37.5 Å². The van der Waals surface area contributed by atoms with Gasteiger partial charge in [-0.15, -0.1) is 11.3 Å². The number of esters is 1. The molecular weight excluding hydrogens is 442 g/mol. The topological polar surface area (TPSA) is 106 Å². The van der Waals surface area contributed by atoms with Crippen LogP contribution in [0.2, 0.25) is 0 Å². The maximum absolute atomic E-state index is 13.1. The van der Waals surface area contributed by atoms with Crippen LogP contribution in [0.15, 0.2) is 23.1 Å². The molecule has 1 aliphatic heterocycles. The summed E-state index contributed by atoms with van der Waals surface area (Å²) in [7, 11) is 0. The largest absolute Gasteiger partial charge is 0.457 e. The standard InChI is InChI=1S/C25H37NO6S/c1-15(12-19-14-33-18(4)26-19)20-10-8-7-9-11-31-17(3)23(29)16(2)24(30)25(5,6)21(27)13-22(28)32-20/h7-8,12,14,16-17,20-21,23,27,29H,9-11,13H2,1-6H3/t16-,17+,20?,21-,23+/m0/s1. The highest BCUT2D eigenvalue weighted by Crippen LogP contribution is 2.31. The number of thiazole rings is 1. The van der Waals surface area contributed by atoms with Crippen LogP contribution in [0.1, 0.15) is 64.6 Å². The molecule has 184 valence electrons. The highest BCUT2D eigenvalue weighted by atomic mass is 32.1. The van der Waals surface area contributed by atoms with Crippen molar-refractivity contribution in [2.75, 3.05) is 6.61 Å². The number of hydrogen-bond donors (Lipinski definition) is 2. The van der Waals surface area contributed by atoms with Crippen LogP contribution in [0.4, 0.5) is 0 Å². The fourth-order valence-electron chi connectivity index (χ4n) is 3.79. The number of ketones is 1. The van der Waals surface area contributed by atoms with Crippen LogP contribution in [-0.4, -0.2) is 58.0 Å². The number of cyclic esters (lactones) is 1. The summed E-state index contributed by atoms with van der Waals surface area (Å²) >= 11 is 1.55. The van der Waals surface area contributed by atoms with Crippen molar-refractivity contribution in [1.82, 2.24) is 4.98 Å². The first-order chi connectivity index (χ1) is 15.4. The van der Waals surface area contributed by atoms with E-state index in [2.05, 4.69) is 4.98 Å². The Hall–Kier alpha value is -1.87. The van der Waals surface area contributed by atoms with Crippen molar-refractivity contribution >= 4 is 29.2 Å². The number of aliphatic hydroxyl groups excluding tert-OH is 2. The normalized spacial score (nSPS) is 30.8. The van der Waals surface area contributed by atoms with Gasteiger partial charge in [0.15, 0.2) is 0 Å². The Labute approximate surface area is 200 Å². The molecule has 2 heterocycles. The van der Waals surface area contributed by atoms with Gasteiger partial charge in [-0.25, -0.2) is 4.98 Å². The van der Waals surface area contributed by atoms with Crippen LogP contribution in [0.3, 0.4) is 0 Å². The molecule has 0 fully saturated rings. The van der Waals surface area contributed by atoms with E-state index in [4.69, 9.17) is 9.47 Å². The molecule has 0 saturated carbocycles. The van der Waals surface area contributed by atoms with E-state index >= 15 is 0 Å². The second-order valence-electron chi connectivity index (χ2n) is 9.32. The zero-order valence-electron chi connectivity index (χ0n) is 20.4. The Morgan fingerprint density at radius 3 is 2.58 bits per heavy atom. The van der Waals surface area contributed by atoms with Crippen LogP contribution < -0.4 is 0 Å². The SMILES string of the molecule is CC(=Cc1csc(C)n1)C1CC=CCCO[C@H](C)[C@H](O)[C@H](C)C(=O)C(C)(C)[C@@H](O)CC(=O)O1. The molecule has 2 N–H and O–H groups in total. The molecule has 1 aliphatic rings. The monoisotopic (exact) mass is 479 g/mol. The number of carbonyl (C=O) groups is 2. The van der Waals surface area contributed by atoms with Gasteiger partial charge in [-0.2, -0.15) is 0 Å². The van der Waals surface area contributed by atoms with E-state index in [9.17, 15) is 19.8 Å². The third-order valence-electron chi connectivity index (χ3n) is 6.21. The summed E-state index contributed by atoms with van der Waals surface area (Å²) in [6.07, 6.45) is 3.21. The van der Waals surface area contributed by atoms with Crippen LogP contribution >= 0.6 is 11.3 Å². The fourth-order valence-corrected chi connectivity index (χ4v) is 4.36. The molecule has 0 aromatic carbocycles. The maximum Gasteiger partial charge on any atom is 0.309 e. The Bertz CT molecular complexity index is 874. The van der Waals surface area contributed by atoms with Crippen molar-refractivity contribution in [3.63, 3.8) is 0 Å². The first kappa shape index (κ1) is 27.4. The Balaban J connectivity index is 2.27. The minimum atomic E-state index is -1.25. The van der Waals surface area contributed by atoms with E-state index in [1.165, 1.54) is 0 Å². The maximum atomic E-state index is 13.1. The first-order valence-corrected chi connectivity index (χ1v) is 12.3. The molecule has 7 nitrogen and oxygen atoms in total.